The maximum Gasteiger partial charge on any atom is 0.210 e. The van der Waals surface area contributed by atoms with Crippen molar-refractivity contribution in [1.29, 1.82) is 0 Å². The first-order valence-corrected chi connectivity index (χ1v) is 8.67. The lowest BCUT2D eigenvalue weighted by Gasteiger charge is -2.05. The molecule has 0 unspecified atom stereocenters. The second-order valence-corrected chi connectivity index (χ2v) is 6.74. The molecule has 1 heterocycles. The summed E-state index contributed by atoms with van der Waals surface area (Å²) in [6.07, 6.45) is 0.604. The van der Waals surface area contributed by atoms with E-state index in [0.29, 0.717) is 28.2 Å². The number of halogens is 2. The van der Waals surface area contributed by atoms with Crippen LogP contribution in [0.3, 0.4) is 0 Å². The quantitative estimate of drug-likeness (QED) is 0.544. The van der Waals surface area contributed by atoms with Gasteiger partial charge >= 0.3 is 0 Å². The number of aromatic nitrogens is 3. The molecule has 23 heavy (non-hydrogen) atoms. The highest BCUT2D eigenvalue weighted by molar-refractivity contribution is 7.98. The SMILES string of the molecule is Nn1c(Cc2ccc(Cl)cc2)nnc1SCc1ccccc1Cl. The summed E-state index contributed by atoms with van der Waals surface area (Å²) in [4.78, 5) is 0. The van der Waals surface area contributed by atoms with E-state index in [0.717, 1.165) is 16.1 Å². The summed E-state index contributed by atoms with van der Waals surface area (Å²) in [6, 6.07) is 15.3. The van der Waals surface area contributed by atoms with Gasteiger partial charge in [0.2, 0.25) is 5.16 Å². The third kappa shape index (κ3) is 3.99. The zero-order valence-corrected chi connectivity index (χ0v) is 14.4. The van der Waals surface area contributed by atoms with E-state index in [9.17, 15) is 0 Å². The first-order chi connectivity index (χ1) is 11.1. The Morgan fingerprint density at radius 3 is 2.48 bits per heavy atom. The molecule has 2 aromatic carbocycles. The predicted octanol–water partition coefficient (Wildman–Crippen LogP) is 4.18. The van der Waals surface area contributed by atoms with E-state index in [2.05, 4.69) is 10.2 Å². The molecule has 0 aliphatic heterocycles. The summed E-state index contributed by atoms with van der Waals surface area (Å²) < 4.78 is 1.52. The zero-order chi connectivity index (χ0) is 16.2. The smallest absolute Gasteiger partial charge is 0.210 e. The molecule has 0 bridgehead atoms. The minimum atomic E-state index is 0.604. The summed E-state index contributed by atoms with van der Waals surface area (Å²) in [5.74, 6) is 7.49. The summed E-state index contributed by atoms with van der Waals surface area (Å²) in [5.41, 5.74) is 2.12. The van der Waals surface area contributed by atoms with Crippen molar-refractivity contribution in [1.82, 2.24) is 14.9 Å². The molecule has 7 heteroatoms. The average Bonchev–Trinajstić information content (AvgIpc) is 2.89. The van der Waals surface area contributed by atoms with Gasteiger partial charge in [-0.2, -0.15) is 0 Å². The molecule has 0 amide bonds. The van der Waals surface area contributed by atoms with E-state index in [-0.39, 0.29) is 0 Å². The molecule has 0 aliphatic rings. The largest absolute Gasteiger partial charge is 0.336 e. The van der Waals surface area contributed by atoms with Gasteiger partial charge in [-0.1, -0.05) is 65.3 Å². The van der Waals surface area contributed by atoms with Gasteiger partial charge in [-0.05, 0) is 29.3 Å². The Balaban J connectivity index is 1.69. The lowest BCUT2D eigenvalue weighted by Crippen LogP contribution is -2.14. The molecule has 1 aromatic heterocycles. The predicted molar refractivity (Wildman–Crippen MR) is 95.4 cm³/mol. The van der Waals surface area contributed by atoms with Gasteiger partial charge in [0.1, 0.15) is 0 Å². The van der Waals surface area contributed by atoms with Gasteiger partial charge in [0, 0.05) is 22.2 Å². The third-order valence-electron chi connectivity index (χ3n) is 3.33. The fourth-order valence-corrected chi connectivity index (χ4v) is 3.36. The van der Waals surface area contributed by atoms with Crippen LogP contribution in [-0.2, 0) is 12.2 Å². The van der Waals surface area contributed by atoms with E-state index in [1.54, 1.807) is 0 Å². The number of nitrogens with two attached hydrogens (primary N) is 1. The summed E-state index contributed by atoms with van der Waals surface area (Å²) >= 11 is 13.6. The molecule has 3 aromatic rings. The lowest BCUT2D eigenvalue weighted by molar-refractivity contribution is 0.805. The Kier molecular flexibility index (Phi) is 5.10. The zero-order valence-electron chi connectivity index (χ0n) is 12.1. The maximum absolute atomic E-state index is 6.16. The normalized spacial score (nSPS) is 10.9. The molecule has 0 spiro atoms. The van der Waals surface area contributed by atoms with E-state index < -0.39 is 0 Å². The first kappa shape index (κ1) is 16.2. The monoisotopic (exact) mass is 364 g/mol. The fraction of sp³-hybridized carbons (Fsp3) is 0.125. The Hall–Kier alpha value is -1.69. The number of hydrogen-bond donors (Lipinski definition) is 1. The summed E-state index contributed by atoms with van der Waals surface area (Å²) in [7, 11) is 0. The van der Waals surface area contributed by atoms with Gasteiger partial charge in [0.15, 0.2) is 5.82 Å². The average molecular weight is 365 g/mol. The highest BCUT2D eigenvalue weighted by Gasteiger charge is 2.11. The van der Waals surface area contributed by atoms with E-state index in [1.807, 2.05) is 48.5 Å². The van der Waals surface area contributed by atoms with Crippen LogP contribution in [0.2, 0.25) is 10.0 Å². The third-order valence-corrected chi connectivity index (χ3v) is 4.94. The molecule has 0 atom stereocenters. The molecule has 118 valence electrons. The molecule has 0 saturated carbocycles. The Labute approximate surface area is 148 Å². The fourth-order valence-electron chi connectivity index (χ4n) is 2.07. The van der Waals surface area contributed by atoms with Crippen LogP contribution in [-0.4, -0.2) is 14.9 Å². The van der Waals surface area contributed by atoms with Gasteiger partial charge in [0.25, 0.3) is 0 Å². The second-order valence-electron chi connectivity index (χ2n) is 4.95. The van der Waals surface area contributed by atoms with Crippen molar-refractivity contribution in [2.24, 2.45) is 0 Å². The topological polar surface area (TPSA) is 56.7 Å². The van der Waals surface area contributed by atoms with Crippen molar-refractivity contribution >= 4 is 35.0 Å². The van der Waals surface area contributed by atoms with Crippen molar-refractivity contribution in [2.75, 3.05) is 5.84 Å². The van der Waals surface area contributed by atoms with Crippen LogP contribution in [0.15, 0.2) is 53.7 Å². The molecule has 0 radical (unpaired) electrons. The number of benzene rings is 2. The van der Waals surface area contributed by atoms with E-state index >= 15 is 0 Å². The Bertz CT molecular complexity index is 802. The van der Waals surface area contributed by atoms with Gasteiger partial charge in [0.05, 0.1) is 0 Å². The molecular formula is C16H14Cl2N4S. The van der Waals surface area contributed by atoms with E-state index in [4.69, 9.17) is 29.0 Å². The minimum absolute atomic E-state index is 0.604. The summed E-state index contributed by atoms with van der Waals surface area (Å²) in [5, 5.41) is 10.4. The number of thioether (sulfide) groups is 1. The standard InChI is InChI=1S/C16H14Cl2N4S/c17-13-7-5-11(6-8-13)9-15-20-21-16(22(15)19)23-10-12-3-1-2-4-14(12)18/h1-8H,9-10,19H2. The Morgan fingerprint density at radius 1 is 1.00 bits per heavy atom. The van der Waals surface area contributed by atoms with Crippen LogP contribution < -0.4 is 5.84 Å². The molecule has 2 N–H and O–H groups in total. The van der Waals surface area contributed by atoms with Gasteiger partial charge in [-0.25, -0.2) is 4.68 Å². The van der Waals surface area contributed by atoms with Crippen LogP contribution in [0.25, 0.3) is 0 Å². The van der Waals surface area contributed by atoms with Gasteiger partial charge in [-0.3, -0.25) is 0 Å². The molecule has 3 rings (SSSR count). The number of nitrogens with zero attached hydrogens (tertiary/aromatic N) is 3. The van der Waals surface area contributed by atoms with Crippen LogP contribution in [0.4, 0.5) is 0 Å². The van der Waals surface area contributed by atoms with Crippen LogP contribution >= 0.6 is 35.0 Å². The molecule has 0 fully saturated rings. The molecular weight excluding hydrogens is 351 g/mol. The van der Waals surface area contributed by atoms with Crippen molar-refractivity contribution in [2.45, 2.75) is 17.3 Å². The van der Waals surface area contributed by atoms with Crippen LogP contribution in [0.1, 0.15) is 17.0 Å². The molecule has 0 aliphatic carbocycles. The highest BCUT2D eigenvalue weighted by atomic mass is 35.5. The highest BCUT2D eigenvalue weighted by Crippen LogP contribution is 2.25. The van der Waals surface area contributed by atoms with E-state index in [1.165, 1.54) is 16.4 Å². The van der Waals surface area contributed by atoms with Crippen LogP contribution in [0, 0.1) is 0 Å². The molecule has 4 nitrogen and oxygen atoms in total. The van der Waals surface area contributed by atoms with Gasteiger partial charge < -0.3 is 5.84 Å². The van der Waals surface area contributed by atoms with Gasteiger partial charge in [-0.15, -0.1) is 10.2 Å². The Morgan fingerprint density at radius 2 is 1.74 bits per heavy atom. The van der Waals surface area contributed by atoms with Crippen molar-refractivity contribution in [3.8, 4) is 0 Å². The van der Waals surface area contributed by atoms with Crippen molar-refractivity contribution in [3.63, 3.8) is 0 Å². The van der Waals surface area contributed by atoms with Crippen molar-refractivity contribution < 1.29 is 0 Å². The van der Waals surface area contributed by atoms with Crippen molar-refractivity contribution in [3.05, 3.63) is 75.5 Å². The number of rotatable bonds is 5. The molecule has 0 saturated heterocycles. The number of hydrogen-bond acceptors (Lipinski definition) is 4. The minimum Gasteiger partial charge on any atom is -0.336 e. The number of nitrogen functional groups attached to an aromatic ring is 1. The maximum atomic E-state index is 6.16. The first-order valence-electron chi connectivity index (χ1n) is 6.93. The lowest BCUT2D eigenvalue weighted by atomic mass is 10.1. The second kappa shape index (κ2) is 7.25. The summed E-state index contributed by atoms with van der Waals surface area (Å²) in [6.45, 7) is 0. The van der Waals surface area contributed by atoms with Crippen LogP contribution in [0.5, 0.6) is 0 Å².